The van der Waals surface area contributed by atoms with E-state index in [0.29, 0.717) is 11.4 Å². The number of aromatic nitrogens is 2. The molecule has 4 rings (SSSR count). The van der Waals surface area contributed by atoms with E-state index in [0.717, 1.165) is 16.5 Å². The van der Waals surface area contributed by atoms with Gasteiger partial charge in [-0.15, -0.1) is 0 Å². The molecule has 150 valence electrons. The number of nitrogens with one attached hydrogen (secondary N) is 2. The summed E-state index contributed by atoms with van der Waals surface area (Å²) in [7, 11) is 0. The number of fused-ring (bicyclic) bond motifs is 1. The van der Waals surface area contributed by atoms with Gasteiger partial charge in [-0.25, -0.2) is 5.43 Å². The Labute approximate surface area is 175 Å². The van der Waals surface area contributed by atoms with E-state index in [2.05, 4.69) is 71.8 Å². The highest BCUT2D eigenvalue weighted by Crippen LogP contribution is 2.24. The van der Waals surface area contributed by atoms with Crippen LogP contribution in [0.2, 0.25) is 0 Å². The van der Waals surface area contributed by atoms with E-state index in [1.807, 2.05) is 36.4 Å². The van der Waals surface area contributed by atoms with E-state index in [-0.39, 0.29) is 11.3 Å². The molecule has 1 aromatic heterocycles. The van der Waals surface area contributed by atoms with Crippen LogP contribution in [-0.4, -0.2) is 22.3 Å². The Hall–Kier alpha value is -3.73. The summed E-state index contributed by atoms with van der Waals surface area (Å²) < 4.78 is 0. The fraction of sp³-hybridized carbons (Fsp3) is 0.160. The average molecular weight is 396 g/mol. The molecular weight excluding hydrogens is 372 g/mol. The lowest BCUT2D eigenvalue weighted by molar-refractivity contribution is 0.0950. The molecule has 5 nitrogen and oxygen atoms in total. The number of hydrogen-bond donors (Lipinski definition) is 2. The Morgan fingerprint density at radius 3 is 2.43 bits per heavy atom. The molecule has 0 atom stereocenters. The number of benzene rings is 3. The summed E-state index contributed by atoms with van der Waals surface area (Å²) in [5, 5.41) is 13.4. The predicted octanol–water partition coefficient (Wildman–Crippen LogP) is 5.29. The van der Waals surface area contributed by atoms with Gasteiger partial charge in [0.1, 0.15) is 5.69 Å². The highest BCUT2D eigenvalue weighted by Gasteiger charge is 2.13. The molecule has 4 aromatic rings. The van der Waals surface area contributed by atoms with Gasteiger partial charge in [0, 0.05) is 5.56 Å². The molecule has 0 fully saturated rings. The fourth-order valence-corrected chi connectivity index (χ4v) is 3.23. The van der Waals surface area contributed by atoms with Crippen molar-refractivity contribution >= 4 is 22.9 Å². The van der Waals surface area contributed by atoms with Gasteiger partial charge in [-0.1, -0.05) is 81.4 Å². The zero-order valence-corrected chi connectivity index (χ0v) is 17.3. The van der Waals surface area contributed by atoms with Crippen molar-refractivity contribution in [3.63, 3.8) is 0 Å². The van der Waals surface area contributed by atoms with Crippen molar-refractivity contribution < 1.29 is 4.79 Å². The first-order chi connectivity index (χ1) is 14.4. The van der Waals surface area contributed by atoms with E-state index < -0.39 is 0 Å². The largest absolute Gasteiger partial charge is 0.289 e. The molecule has 0 aliphatic carbocycles. The summed E-state index contributed by atoms with van der Waals surface area (Å²) in [4.78, 5) is 12.4. The molecule has 0 unspecified atom stereocenters. The van der Waals surface area contributed by atoms with Crippen molar-refractivity contribution in [3.05, 3.63) is 89.6 Å². The second-order valence-corrected chi connectivity index (χ2v) is 8.30. The molecule has 1 amide bonds. The van der Waals surface area contributed by atoms with E-state index >= 15 is 0 Å². The maximum atomic E-state index is 12.4. The Morgan fingerprint density at radius 2 is 1.70 bits per heavy atom. The minimum absolute atomic E-state index is 0.104. The molecule has 0 spiro atoms. The molecule has 2 N–H and O–H groups in total. The number of carbonyl (C=O) groups is 1. The monoisotopic (exact) mass is 396 g/mol. The molecule has 0 radical (unpaired) electrons. The summed E-state index contributed by atoms with van der Waals surface area (Å²) in [5.74, 6) is -0.336. The molecule has 0 bridgehead atoms. The maximum Gasteiger partial charge on any atom is 0.289 e. The second kappa shape index (κ2) is 7.95. The fourth-order valence-electron chi connectivity index (χ4n) is 3.23. The number of rotatable bonds is 4. The van der Waals surface area contributed by atoms with Gasteiger partial charge in [-0.3, -0.25) is 9.89 Å². The van der Waals surface area contributed by atoms with E-state index in [1.54, 1.807) is 12.3 Å². The van der Waals surface area contributed by atoms with E-state index in [4.69, 9.17) is 0 Å². The molecule has 5 heteroatoms. The topological polar surface area (TPSA) is 70.1 Å². The van der Waals surface area contributed by atoms with Crippen LogP contribution in [0.5, 0.6) is 0 Å². The number of carbonyl (C=O) groups excluding carboxylic acids is 1. The first-order valence-corrected chi connectivity index (χ1v) is 9.89. The van der Waals surface area contributed by atoms with Crippen LogP contribution in [0.1, 0.15) is 42.4 Å². The van der Waals surface area contributed by atoms with Crippen molar-refractivity contribution in [1.82, 2.24) is 15.6 Å². The number of amides is 1. The van der Waals surface area contributed by atoms with Crippen LogP contribution in [0.3, 0.4) is 0 Å². The van der Waals surface area contributed by atoms with Crippen LogP contribution in [0, 0.1) is 0 Å². The van der Waals surface area contributed by atoms with Crippen molar-refractivity contribution in [2.24, 2.45) is 5.10 Å². The van der Waals surface area contributed by atoms with Gasteiger partial charge in [-0.2, -0.15) is 10.2 Å². The van der Waals surface area contributed by atoms with Crippen LogP contribution < -0.4 is 5.43 Å². The van der Waals surface area contributed by atoms with Crippen molar-refractivity contribution in [1.29, 1.82) is 0 Å². The van der Waals surface area contributed by atoms with E-state index in [1.165, 1.54) is 10.9 Å². The molecule has 30 heavy (non-hydrogen) atoms. The standard InChI is InChI=1S/C25H24N4O/c1-25(2,3)21-12-8-17(9-13-21)16-26-29-24(30)23-15-22(27-28-23)20-11-10-18-6-4-5-7-19(18)14-20/h4-16H,1-3H3,(H,27,28)(H,29,30)/b26-16-. The third kappa shape index (κ3) is 4.30. The molecule has 0 saturated carbocycles. The van der Waals surface area contributed by atoms with Crippen LogP contribution in [-0.2, 0) is 5.41 Å². The van der Waals surface area contributed by atoms with Gasteiger partial charge in [0.15, 0.2) is 0 Å². The first kappa shape index (κ1) is 19.6. The zero-order chi connectivity index (χ0) is 21.1. The maximum absolute atomic E-state index is 12.4. The van der Waals surface area contributed by atoms with Gasteiger partial charge in [-0.05, 0) is 39.4 Å². The van der Waals surface area contributed by atoms with Crippen LogP contribution in [0.15, 0.2) is 77.9 Å². The molecule has 0 aliphatic heterocycles. The molecule has 1 heterocycles. The number of hydrogen-bond acceptors (Lipinski definition) is 3. The van der Waals surface area contributed by atoms with Crippen molar-refractivity contribution in [3.8, 4) is 11.3 Å². The second-order valence-electron chi connectivity index (χ2n) is 8.30. The quantitative estimate of drug-likeness (QED) is 0.363. The van der Waals surface area contributed by atoms with E-state index in [9.17, 15) is 4.79 Å². The van der Waals surface area contributed by atoms with Gasteiger partial charge < -0.3 is 0 Å². The normalized spacial score (nSPS) is 11.8. The predicted molar refractivity (Wildman–Crippen MR) is 122 cm³/mol. The highest BCUT2D eigenvalue weighted by molar-refractivity contribution is 5.94. The number of aromatic amines is 1. The molecular formula is C25H24N4O. The minimum Gasteiger partial charge on any atom is -0.272 e. The summed E-state index contributed by atoms with van der Waals surface area (Å²) >= 11 is 0. The van der Waals surface area contributed by atoms with Gasteiger partial charge in [0.25, 0.3) is 5.91 Å². The first-order valence-electron chi connectivity index (χ1n) is 9.89. The number of hydrazone groups is 1. The smallest absolute Gasteiger partial charge is 0.272 e. The average Bonchev–Trinajstić information content (AvgIpc) is 3.23. The van der Waals surface area contributed by atoms with Crippen LogP contribution >= 0.6 is 0 Å². The number of nitrogens with zero attached hydrogens (tertiary/aromatic N) is 2. The third-order valence-electron chi connectivity index (χ3n) is 5.02. The SMILES string of the molecule is CC(C)(C)c1ccc(/C=N\NC(=O)c2cc(-c3ccc4ccccc4c3)n[nH]2)cc1. The molecule has 0 saturated heterocycles. The Morgan fingerprint density at radius 1 is 0.967 bits per heavy atom. The minimum atomic E-state index is -0.336. The Balaban J connectivity index is 1.43. The van der Waals surface area contributed by atoms with Gasteiger partial charge in [0.2, 0.25) is 0 Å². The third-order valence-corrected chi connectivity index (χ3v) is 5.02. The lowest BCUT2D eigenvalue weighted by Gasteiger charge is -2.18. The molecule has 0 aliphatic rings. The van der Waals surface area contributed by atoms with Crippen molar-refractivity contribution in [2.75, 3.05) is 0 Å². The summed E-state index contributed by atoms with van der Waals surface area (Å²) in [6.45, 7) is 6.52. The van der Waals surface area contributed by atoms with Gasteiger partial charge >= 0.3 is 0 Å². The Bertz CT molecular complexity index is 1210. The number of H-pyrrole nitrogens is 1. The zero-order valence-electron chi connectivity index (χ0n) is 17.3. The molecule has 3 aromatic carbocycles. The van der Waals surface area contributed by atoms with Crippen LogP contribution in [0.25, 0.3) is 22.0 Å². The summed E-state index contributed by atoms with van der Waals surface area (Å²) in [5.41, 5.74) is 6.85. The lowest BCUT2D eigenvalue weighted by Crippen LogP contribution is -2.18. The lowest BCUT2D eigenvalue weighted by atomic mass is 9.87. The van der Waals surface area contributed by atoms with Crippen molar-refractivity contribution in [2.45, 2.75) is 26.2 Å². The Kier molecular flexibility index (Phi) is 5.19. The van der Waals surface area contributed by atoms with Crippen LogP contribution in [0.4, 0.5) is 0 Å². The summed E-state index contributed by atoms with van der Waals surface area (Å²) in [6, 6.07) is 24.1. The highest BCUT2D eigenvalue weighted by atomic mass is 16.2. The van der Waals surface area contributed by atoms with Gasteiger partial charge in [0.05, 0.1) is 11.9 Å². The summed E-state index contributed by atoms with van der Waals surface area (Å²) in [6.07, 6.45) is 1.63.